The number of anilines is 3. The first kappa shape index (κ1) is 37.6. The van der Waals surface area contributed by atoms with Gasteiger partial charge in [-0.05, 0) is 74.8 Å². The van der Waals surface area contributed by atoms with Gasteiger partial charge in [-0.3, -0.25) is 13.0 Å². The van der Waals surface area contributed by atoms with Gasteiger partial charge in [0.2, 0.25) is 23.0 Å². The predicted octanol–water partition coefficient (Wildman–Crippen LogP) is 4.77. The molecule has 7 N–H and O–H groups in total. The van der Waals surface area contributed by atoms with Crippen molar-refractivity contribution in [2.24, 2.45) is 5.73 Å². The normalized spacial score (nSPS) is 12.7. The van der Waals surface area contributed by atoms with Gasteiger partial charge in [0, 0.05) is 85.1 Å². The van der Waals surface area contributed by atoms with Gasteiger partial charge in [-0.25, -0.2) is 39.9 Å². The van der Waals surface area contributed by atoms with Crippen LogP contribution in [0.1, 0.15) is 26.7 Å². The van der Waals surface area contributed by atoms with E-state index in [9.17, 15) is 4.21 Å². The van der Waals surface area contributed by atoms with Crippen molar-refractivity contribution in [2.45, 2.75) is 31.8 Å². The Morgan fingerprint density at radius 1 is 0.704 bits per heavy atom. The first-order valence-corrected chi connectivity index (χ1v) is 18.9. The molecule has 1 fully saturated rings. The van der Waals surface area contributed by atoms with Crippen LogP contribution in [0.4, 0.5) is 17.8 Å². The highest BCUT2D eigenvalue weighted by Gasteiger charge is 2.19. The topological polar surface area (TPSA) is 228 Å². The smallest absolute Gasteiger partial charge is 0.223 e. The van der Waals surface area contributed by atoms with E-state index in [0.29, 0.717) is 34.3 Å². The third-order valence-electron chi connectivity index (χ3n) is 8.09. The van der Waals surface area contributed by atoms with Gasteiger partial charge in [-0.2, -0.15) is 0 Å². The zero-order chi connectivity index (χ0) is 38.0. The van der Waals surface area contributed by atoms with Crippen LogP contribution in [0.25, 0.3) is 55.6 Å². The highest BCUT2D eigenvalue weighted by atomic mass is 32.2. The van der Waals surface area contributed by atoms with E-state index in [4.69, 9.17) is 21.9 Å². The summed E-state index contributed by atoms with van der Waals surface area (Å²) in [7, 11) is -1.25. The minimum absolute atomic E-state index is 0.293. The number of nitrogens with one attached hydrogen (secondary N) is 1. The summed E-state index contributed by atoms with van der Waals surface area (Å²) < 4.78 is 20.3. The molecular formula is C37H42N14O2S. The van der Waals surface area contributed by atoms with Crippen LogP contribution in [0.5, 0.6) is 0 Å². The molecule has 1 aliphatic rings. The molecule has 8 aromatic rings. The SMILES string of the molecule is C1CCOC1.CCN.CCNc1nccc(-c2c3cccnc3n3c(N)nccc23)n1.CS(=O)c1nccc(-c2c3cccnc3n3c(N)nccc23)n1. The standard InChI is InChI=1S/C16H15N7.C15H12N6OS.C4H8O.C2H7N/c1-2-18-16-21-8-5-11(22-16)13-10-4-3-7-19-14(10)23-12(13)6-9-20-15(23)17;1-23(22)15-19-7-4-10(20-15)12-9-3-2-6-17-13(9)21-11(12)5-8-18-14(21)16;1-2-4-5-3-1;1-2-3/h3-9H,2H2,1H3,(H2,17,20)(H,18,21,22);2-8H,1H3,(H2,16,18);1-4H2;2-3H2,1H3. The lowest BCUT2D eigenvalue weighted by Crippen LogP contribution is -2.02. The molecule has 0 radical (unpaired) electrons. The number of aromatic nitrogens is 10. The summed E-state index contributed by atoms with van der Waals surface area (Å²) in [6.45, 7) is 7.43. The van der Waals surface area contributed by atoms with Crippen LogP contribution in [0.2, 0.25) is 0 Å². The molecule has 0 saturated carbocycles. The molecule has 54 heavy (non-hydrogen) atoms. The third-order valence-corrected chi connectivity index (χ3v) is 8.80. The Bertz CT molecular complexity index is 2530. The average molecular weight is 747 g/mol. The molecule has 8 aromatic heterocycles. The number of hydrogen-bond donors (Lipinski definition) is 4. The first-order valence-electron chi connectivity index (χ1n) is 17.4. The molecular weight excluding hydrogens is 705 g/mol. The van der Waals surface area contributed by atoms with Gasteiger partial charge in [0.05, 0.1) is 33.2 Å². The molecule has 1 atom stereocenters. The van der Waals surface area contributed by atoms with Gasteiger partial charge < -0.3 is 27.3 Å². The lowest BCUT2D eigenvalue weighted by molar-refractivity contribution is 0.198. The molecule has 1 aliphatic heterocycles. The molecule has 0 amide bonds. The quantitative estimate of drug-likeness (QED) is 0.174. The Balaban J connectivity index is 0.000000153. The number of nitrogen functional groups attached to an aromatic ring is 2. The van der Waals surface area contributed by atoms with Crippen LogP contribution in [-0.2, 0) is 15.5 Å². The monoisotopic (exact) mass is 746 g/mol. The van der Waals surface area contributed by atoms with Crippen LogP contribution >= 0.6 is 0 Å². The number of nitrogens with two attached hydrogens (primary N) is 3. The largest absolute Gasteiger partial charge is 0.381 e. The van der Waals surface area contributed by atoms with Crippen LogP contribution < -0.4 is 22.5 Å². The Morgan fingerprint density at radius 2 is 1.20 bits per heavy atom. The number of pyridine rings is 2. The van der Waals surface area contributed by atoms with Crippen LogP contribution in [0.3, 0.4) is 0 Å². The summed E-state index contributed by atoms with van der Waals surface area (Å²) >= 11 is 0. The Morgan fingerprint density at radius 3 is 1.69 bits per heavy atom. The van der Waals surface area contributed by atoms with Crippen molar-refractivity contribution in [3.05, 3.63) is 85.7 Å². The number of rotatable bonds is 5. The highest BCUT2D eigenvalue weighted by molar-refractivity contribution is 7.84. The lowest BCUT2D eigenvalue weighted by Gasteiger charge is -2.05. The van der Waals surface area contributed by atoms with Crippen LogP contribution in [0.15, 0.2) is 90.9 Å². The molecule has 278 valence electrons. The summed E-state index contributed by atoms with van der Waals surface area (Å²) in [4.78, 5) is 34.5. The number of hydrogen-bond acceptors (Lipinski definition) is 14. The van der Waals surface area contributed by atoms with Crippen molar-refractivity contribution in [3.63, 3.8) is 0 Å². The summed E-state index contributed by atoms with van der Waals surface area (Å²) in [6.07, 6.45) is 14.3. The van der Waals surface area contributed by atoms with E-state index in [1.807, 2.05) is 60.7 Å². The van der Waals surface area contributed by atoms with Crippen molar-refractivity contribution in [3.8, 4) is 22.5 Å². The first-order chi connectivity index (χ1) is 26.4. The Kier molecular flexibility index (Phi) is 12.2. The number of nitrogens with zero attached hydrogens (tertiary/aromatic N) is 10. The number of fused-ring (bicyclic) bond motifs is 6. The fraction of sp³-hybridized carbons (Fsp3) is 0.243. The maximum absolute atomic E-state index is 11.7. The average Bonchev–Trinajstić information content (AvgIpc) is 3.95. The summed E-state index contributed by atoms with van der Waals surface area (Å²) in [6, 6.07) is 15.2. The van der Waals surface area contributed by atoms with Crippen molar-refractivity contribution in [2.75, 3.05) is 49.3 Å². The third kappa shape index (κ3) is 7.92. The summed E-state index contributed by atoms with van der Waals surface area (Å²) in [5.41, 5.74) is 23.5. The minimum Gasteiger partial charge on any atom is -0.381 e. The van der Waals surface area contributed by atoms with Gasteiger partial charge >= 0.3 is 0 Å². The zero-order valence-electron chi connectivity index (χ0n) is 30.3. The summed E-state index contributed by atoms with van der Waals surface area (Å²) in [5, 5.41) is 5.31. The molecule has 1 saturated heterocycles. The molecule has 1 unspecified atom stereocenters. The second-order valence-electron chi connectivity index (χ2n) is 11.7. The summed E-state index contributed by atoms with van der Waals surface area (Å²) in [5.74, 6) is 1.35. The van der Waals surface area contributed by atoms with Gasteiger partial charge in [-0.1, -0.05) is 6.92 Å². The predicted molar refractivity (Wildman–Crippen MR) is 213 cm³/mol. The van der Waals surface area contributed by atoms with Crippen LogP contribution in [-0.4, -0.2) is 85.4 Å². The second-order valence-corrected chi connectivity index (χ2v) is 13.0. The molecule has 0 spiro atoms. The van der Waals surface area contributed by atoms with Crippen molar-refractivity contribution >= 4 is 61.7 Å². The Labute approximate surface area is 313 Å². The molecule has 0 aromatic carbocycles. The van der Waals surface area contributed by atoms with Crippen molar-refractivity contribution in [1.82, 2.24) is 48.7 Å². The van der Waals surface area contributed by atoms with E-state index in [0.717, 1.165) is 70.6 Å². The van der Waals surface area contributed by atoms with Crippen molar-refractivity contribution in [1.29, 1.82) is 0 Å². The minimum atomic E-state index is -1.25. The van der Waals surface area contributed by atoms with E-state index in [1.54, 1.807) is 53.9 Å². The molecule has 17 heteroatoms. The van der Waals surface area contributed by atoms with Gasteiger partial charge in [0.15, 0.2) is 0 Å². The van der Waals surface area contributed by atoms with Gasteiger partial charge in [0.25, 0.3) is 0 Å². The lowest BCUT2D eigenvalue weighted by atomic mass is 10.1. The van der Waals surface area contributed by atoms with Crippen LogP contribution in [0, 0.1) is 0 Å². The molecule has 0 bridgehead atoms. The van der Waals surface area contributed by atoms with E-state index in [1.165, 1.54) is 12.8 Å². The van der Waals surface area contributed by atoms with Gasteiger partial charge in [-0.15, -0.1) is 0 Å². The van der Waals surface area contributed by atoms with Crippen molar-refractivity contribution < 1.29 is 8.95 Å². The molecule has 9 heterocycles. The fourth-order valence-corrected chi connectivity index (χ4v) is 6.38. The van der Waals surface area contributed by atoms with E-state index < -0.39 is 10.8 Å². The maximum Gasteiger partial charge on any atom is 0.223 e. The molecule has 9 rings (SSSR count). The molecule has 0 aliphatic carbocycles. The second kappa shape index (κ2) is 17.6. The fourth-order valence-electron chi connectivity index (χ4n) is 5.94. The van der Waals surface area contributed by atoms with E-state index >= 15 is 0 Å². The number of ether oxygens (including phenoxy) is 1. The highest BCUT2D eigenvalue weighted by Crippen LogP contribution is 2.35. The van der Waals surface area contributed by atoms with Gasteiger partial charge in [0.1, 0.15) is 11.3 Å². The molecule has 16 nitrogen and oxygen atoms in total. The Hall–Kier alpha value is -6.17. The van der Waals surface area contributed by atoms with E-state index in [-0.39, 0.29) is 0 Å². The van der Waals surface area contributed by atoms with E-state index in [2.05, 4.69) is 45.2 Å². The maximum atomic E-state index is 11.7. The zero-order valence-corrected chi connectivity index (χ0v) is 31.1.